The Bertz CT molecular complexity index is 187. The van der Waals surface area contributed by atoms with E-state index in [9.17, 15) is 39.5 Å². The Labute approximate surface area is 85.1 Å². The molecule has 0 spiro atoms. The van der Waals surface area contributed by atoms with Crippen LogP contribution in [0.3, 0.4) is 0 Å². The summed E-state index contributed by atoms with van der Waals surface area (Å²) in [7, 11) is 0. The summed E-state index contributed by atoms with van der Waals surface area (Å²) in [6.45, 7) is 0. The summed E-state index contributed by atoms with van der Waals surface area (Å²) in [5, 5.41) is 0. The van der Waals surface area contributed by atoms with Crippen LogP contribution in [0.4, 0.5) is 39.5 Å². The third-order valence-corrected chi connectivity index (χ3v) is 1.05. The van der Waals surface area contributed by atoms with Crippen LogP contribution in [0.2, 0.25) is 0 Å². The quantitative estimate of drug-likeness (QED) is 0.468. The van der Waals surface area contributed by atoms with E-state index in [4.69, 9.17) is 0 Å². The zero-order valence-corrected chi connectivity index (χ0v) is 6.48. The van der Waals surface area contributed by atoms with Gasteiger partial charge in [-0.3, -0.25) is 0 Å². The minimum atomic E-state index is -6.73. The maximum atomic E-state index is 11.6. The van der Waals surface area contributed by atoms with Gasteiger partial charge in [-0.05, 0) is 0 Å². The van der Waals surface area contributed by atoms with Crippen molar-refractivity contribution in [2.24, 2.45) is 0 Å². The standard InChI is InChI=1S/C4HF9.Li.H/c5-1(6)2(7,8)3(9,10)4(11,12)13;;/h1H;;/q;+1;-1. The van der Waals surface area contributed by atoms with E-state index >= 15 is 0 Å². The second-order valence-corrected chi connectivity index (χ2v) is 2.00. The van der Waals surface area contributed by atoms with Crippen molar-refractivity contribution in [1.82, 2.24) is 0 Å². The number of hydrogen-bond donors (Lipinski definition) is 0. The molecule has 0 aromatic rings. The molecule has 0 aromatic heterocycles. The van der Waals surface area contributed by atoms with E-state index in [0.29, 0.717) is 0 Å². The third kappa shape index (κ3) is 2.51. The molecular weight excluding hydrogens is 226 g/mol. The van der Waals surface area contributed by atoms with Crippen molar-refractivity contribution in [2.45, 2.75) is 24.4 Å². The molecule has 14 heavy (non-hydrogen) atoms. The van der Waals surface area contributed by atoms with E-state index in [1.165, 1.54) is 0 Å². The summed E-state index contributed by atoms with van der Waals surface area (Å²) in [6, 6.07) is 0. The van der Waals surface area contributed by atoms with Gasteiger partial charge in [-0.15, -0.1) is 0 Å². The summed E-state index contributed by atoms with van der Waals surface area (Å²) in [5.74, 6) is -13.1. The maximum Gasteiger partial charge on any atom is 1.00 e. The average molecular weight is 228 g/mol. The molecule has 0 radical (unpaired) electrons. The van der Waals surface area contributed by atoms with Gasteiger partial charge in [0.15, 0.2) is 0 Å². The number of halogens is 9. The number of rotatable bonds is 2. The van der Waals surface area contributed by atoms with Gasteiger partial charge in [0.05, 0.1) is 0 Å². The predicted molar refractivity (Wildman–Crippen MR) is 23.1 cm³/mol. The van der Waals surface area contributed by atoms with Crippen LogP contribution < -0.4 is 18.9 Å². The Morgan fingerprint density at radius 2 is 1.07 bits per heavy atom. The molecule has 10 heteroatoms. The van der Waals surface area contributed by atoms with E-state index in [1.807, 2.05) is 0 Å². The van der Waals surface area contributed by atoms with Crippen molar-refractivity contribution in [3.8, 4) is 0 Å². The van der Waals surface area contributed by atoms with Gasteiger partial charge in [0, 0.05) is 0 Å². The normalized spacial score (nSPS) is 14.1. The van der Waals surface area contributed by atoms with Crippen molar-refractivity contribution in [3.05, 3.63) is 0 Å². The van der Waals surface area contributed by atoms with Gasteiger partial charge in [-0.25, -0.2) is 8.78 Å². The molecule has 0 heterocycles. The van der Waals surface area contributed by atoms with Crippen LogP contribution in [0.1, 0.15) is 1.43 Å². The Balaban J connectivity index is -0.000000720. The maximum absolute atomic E-state index is 11.6. The fourth-order valence-electron chi connectivity index (χ4n) is 0.326. The summed E-state index contributed by atoms with van der Waals surface area (Å²) < 4.78 is 102. The molecule has 0 atom stereocenters. The van der Waals surface area contributed by atoms with Gasteiger partial charge in [0.1, 0.15) is 0 Å². The average Bonchev–Trinajstić information content (AvgIpc) is 1.84. The summed E-state index contributed by atoms with van der Waals surface area (Å²) in [4.78, 5) is 0. The van der Waals surface area contributed by atoms with Crippen LogP contribution in [0.15, 0.2) is 0 Å². The van der Waals surface area contributed by atoms with E-state index in [-0.39, 0.29) is 20.3 Å². The van der Waals surface area contributed by atoms with Crippen LogP contribution in [-0.4, -0.2) is 24.4 Å². The molecule has 0 unspecified atom stereocenters. The van der Waals surface area contributed by atoms with Crippen LogP contribution in [0.5, 0.6) is 0 Å². The summed E-state index contributed by atoms with van der Waals surface area (Å²) in [6.07, 6.45) is -11.8. The van der Waals surface area contributed by atoms with Gasteiger partial charge in [-0.1, -0.05) is 0 Å². The number of hydrogen-bond acceptors (Lipinski definition) is 0. The van der Waals surface area contributed by atoms with E-state index in [0.717, 1.165) is 0 Å². The molecule has 0 rings (SSSR count). The largest absolute Gasteiger partial charge is 1.00 e. The Morgan fingerprint density at radius 1 is 0.786 bits per heavy atom. The van der Waals surface area contributed by atoms with Crippen molar-refractivity contribution >= 4 is 0 Å². The molecule has 82 valence electrons. The number of alkyl halides is 9. The monoisotopic (exact) mass is 228 g/mol. The molecule has 0 amide bonds. The Hall–Kier alpha value is -0.0326. The first-order chi connectivity index (χ1) is 5.44. The van der Waals surface area contributed by atoms with E-state index in [2.05, 4.69) is 0 Å². The molecule has 0 N–H and O–H groups in total. The molecule has 0 aromatic carbocycles. The summed E-state index contributed by atoms with van der Waals surface area (Å²) in [5.41, 5.74) is 0. The fraction of sp³-hybridized carbons (Fsp3) is 1.00. The van der Waals surface area contributed by atoms with Gasteiger partial charge >= 0.3 is 43.3 Å². The van der Waals surface area contributed by atoms with Crippen LogP contribution in [-0.2, 0) is 0 Å². The van der Waals surface area contributed by atoms with Crippen LogP contribution in [0, 0.1) is 0 Å². The predicted octanol–water partition coefficient (Wildman–Crippen LogP) is 0.201. The third-order valence-electron chi connectivity index (χ3n) is 1.05. The van der Waals surface area contributed by atoms with Crippen molar-refractivity contribution in [2.75, 3.05) is 0 Å². The molecule has 0 aliphatic heterocycles. The molecule has 0 saturated heterocycles. The SMILES string of the molecule is FC(F)C(F)(F)C(F)(F)C(F)(F)F.[H-].[Li+]. The molecule has 0 bridgehead atoms. The fourth-order valence-corrected chi connectivity index (χ4v) is 0.326. The first-order valence-electron chi connectivity index (χ1n) is 2.55. The van der Waals surface area contributed by atoms with Crippen molar-refractivity contribution in [3.63, 3.8) is 0 Å². The van der Waals surface area contributed by atoms with E-state index in [1.54, 1.807) is 0 Å². The Morgan fingerprint density at radius 3 is 1.14 bits per heavy atom. The van der Waals surface area contributed by atoms with Crippen molar-refractivity contribution in [1.29, 1.82) is 0 Å². The van der Waals surface area contributed by atoms with Crippen LogP contribution >= 0.6 is 0 Å². The zero-order valence-electron chi connectivity index (χ0n) is 7.48. The molecular formula is C4H2F9Li. The Kier molecular flexibility index (Phi) is 4.95. The molecule has 0 saturated carbocycles. The minimum Gasteiger partial charge on any atom is -1.00 e. The second-order valence-electron chi connectivity index (χ2n) is 2.00. The van der Waals surface area contributed by atoms with Crippen LogP contribution in [0.25, 0.3) is 0 Å². The molecule has 0 aliphatic rings. The van der Waals surface area contributed by atoms with Crippen molar-refractivity contribution < 1.29 is 59.8 Å². The van der Waals surface area contributed by atoms with Gasteiger partial charge in [-0.2, -0.15) is 30.7 Å². The second kappa shape index (κ2) is 4.22. The first-order valence-corrected chi connectivity index (χ1v) is 2.55. The first kappa shape index (κ1) is 16.4. The minimum absolute atomic E-state index is 0. The summed E-state index contributed by atoms with van der Waals surface area (Å²) >= 11 is 0. The van der Waals surface area contributed by atoms with Gasteiger partial charge in [0.2, 0.25) is 0 Å². The topological polar surface area (TPSA) is 0 Å². The smallest absolute Gasteiger partial charge is 1.00 e. The zero-order chi connectivity index (χ0) is 11.1. The van der Waals surface area contributed by atoms with Gasteiger partial charge < -0.3 is 1.43 Å². The molecule has 0 nitrogen and oxygen atoms in total. The van der Waals surface area contributed by atoms with E-state index < -0.39 is 24.4 Å². The van der Waals surface area contributed by atoms with Gasteiger partial charge in [0.25, 0.3) is 0 Å². The molecule has 0 aliphatic carbocycles. The molecule has 0 fully saturated rings.